The van der Waals surface area contributed by atoms with Crippen LogP contribution in [0.1, 0.15) is 28.2 Å². The van der Waals surface area contributed by atoms with E-state index in [0.717, 1.165) is 22.3 Å². The van der Waals surface area contributed by atoms with Crippen LogP contribution in [0, 0.1) is 6.92 Å². The number of carboxylic acids is 1. The Labute approximate surface area is 191 Å². The monoisotopic (exact) mass is 447 g/mol. The Morgan fingerprint density at radius 3 is 2.21 bits per heavy atom. The number of benzene rings is 3. The molecule has 0 fully saturated rings. The van der Waals surface area contributed by atoms with E-state index in [4.69, 9.17) is 9.47 Å². The average Bonchev–Trinajstić information content (AvgIpc) is 3.13. The van der Waals surface area contributed by atoms with Crippen molar-refractivity contribution in [2.24, 2.45) is 0 Å². The molecular formula is C26H25NO6. The first-order chi connectivity index (χ1) is 15.9. The topological polar surface area (TPSA) is 105 Å². The molecular weight excluding hydrogens is 422 g/mol. The van der Waals surface area contributed by atoms with Gasteiger partial charge in [0.15, 0.2) is 0 Å². The highest BCUT2D eigenvalue weighted by molar-refractivity contribution is 5.81. The van der Waals surface area contributed by atoms with Crippen LogP contribution in [0.4, 0.5) is 4.79 Å². The maximum absolute atomic E-state index is 12.5. The number of nitrogens with one attached hydrogen (secondary N) is 1. The van der Waals surface area contributed by atoms with Crippen molar-refractivity contribution in [3.63, 3.8) is 0 Å². The number of methoxy groups -OCH3 is 1. The van der Waals surface area contributed by atoms with Gasteiger partial charge in [0, 0.05) is 17.9 Å². The van der Waals surface area contributed by atoms with E-state index in [0.29, 0.717) is 16.9 Å². The minimum atomic E-state index is -1.28. The molecule has 3 aromatic carbocycles. The molecule has 0 bridgehead atoms. The Hall–Kier alpha value is -4.00. The summed E-state index contributed by atoms with van der Waals surface area (Å²) in [7, 11) is 1.49. The molecule has 3 aromatic rings. The van der Waals surface area contributed by atoms with Crippen LogP contribution >= 0.6 is 0 Å². The fourth-order valence-electron chi connectivity index (χ4n) is 4.29. The zero-order chi connectivity index (χ0) is 23.5. The third kappa shape index (κ3) is 4.48. The van der Waals surface area contributed by atoms with Gasteiger partial charge in [0.05, 0.1) is 7.11 Å². The number of aryl methyl sites for hydroxylation is 1. The first-order valence-electron chi connectivity index (χ1n) is 10.6. The molecule has 170 valence electrons. The van der Waals surface area contributed by atoms with Gasteiger partial charge in [0.25, 0.3) is 0 Å². The molecule has 7 nitrogen and oxygen atoms in total. The van der Waals surface area contributed by atoms with Crippen LogP contribution in [0.5, 0.6) is 11.5 Å². The molecule has 1 atom stereocenters. The molecule has 0 heterocycles. The van der Waals surface area contributed by atoms with Gasteiger partial charge in [-0.2, -0.15) is 0 Å². The van der Waals surface area contributed by atoms with Crippen molar-refractivity contribution in [2.75, 3.05) is 13.7 Å². The number of aliphatic carboxylic acids is 1. The van der Waals surface area contributed by atoms with Crippen LogP contribution in [0.3, 0.4) is 0 Å². The Morgan fingerprint density at radius 2 is 1.64 bits per heavy atom. The van der Waals surface area contributed by atoms with E-state index in [2.05, 4.69) is 5.32 Å². The van der Waals surface area contributed by atoms with E-state index >= 15 is 0 Å². The first-order valence-corrected chi connectivity index (χ1v) is 10.6. The van der Waals surface area contributed by atoms with Crippen molar-refractivity contribution >= 4 is 12.1 Å². The molecule has 0 saturated carbocycles. The van der Waals surface area contributed by atoms with Crippen LogP contribution < -0.4 is 10.1 Å². The lowest BCUT2D eigenvalue weighted by Gasteiger charge is -2.18. The number of ether oxygens (including phenoxy) is 2. The summed E-state index contributed by atoms with van der Waals surface area (Å²) in [5, 5.41) is 22.4. The quantitative estimate of drug-likeness (QED) is 0.500. The third-order valence-electron chi connectivity index (χ3n) is 5.95. The number of phenols is 1. The molecule has 33 heavy (non-hydrogen) atoms. The van der Waals surface area contributed by atoms with Gasteiger partial charge < -0.3 is 25.0 Å². The predicted molar refractivity (Wildman–Crippen MR) is 123 cm³/mol. The normalized spacial score (nSPS) is 13.0. The highest BCUT2D eigenvalue weighted by atomic mass is 16.5. The van der Waals surface area contributed by atoms with Crippen molar-refractivity contribution in [3.8, 4) is 22.6 Å². The number of hydrogen-bond acceptors (Lipinski definition) is 5. The van der Waals surface area contributed by atoms with E-state index in [-0.39, 0.29) is 24.7 Å². The van der Waals surface area contributed by atoms with Gasteiger partial charge in [-0.15, -0.1) is 0 Å². The Balaban J connectivity index is 1.46. The van der Waals surface area contributed by atoms with E-state index in [1.807, 2.05) is 48.5 Å². The lowest BCUT2D eigenvalue weighted by Crippen LogP contribution is -2.43. The summed E-state index contributed by atoms with van der Waals surface area (Å²) < 4.78 is 10.7. The van der Waals surface area contributed by atoms with Crippen molar-refractivity contribution in [1.29, 1.82) is 0 Å². The Morgan fingerprint density at radius 1 is 1.03 bits per heavy atom. The van der Waals surface area contributed by atoms with Gasteiger partial charge in [-0.1, -0.05) is 48.5 Å². The highest BCUT2D eigenvalue weighted by Crippen LogP contribution is 2.44. The number of carbonyl (C=O) groups excluding carboxylic acids is 1. The maximum atomic E-state index is 12.5. The van der Waals surface area contributed by atoms with E-state index in [1.54, 1.807) is 19.1 Å². The van der Waals surface area contributed by atoms with Gasteiger partial charge >= 0.3 is 12.1 Å². The molecule has 0 aliphatic heterocycles. The van der Waals surface area contributed by atoms with Crippen LogP contribution in [0.25, 0.3) is 11.1 Å². The summed E-state index contributed by atoms with van der Waals surface area (Å²) in [6.45, 7) is 1.77. The number of carbonyl (C=O) groups is 2. The minimum absolute atomic E-state index is 0.0311. The molecule has 1 aliphatic rings. The second-order valence-electron chi connectivity index (χ2n) is 8.02. The molecule has 3 N–H and O–H groups in total. The summed E-state index contributed by atoms with van der Waals surface area (Å²) in [4.78, 5) is 24.3. The molecule has 0 saturated heterocycles. The summed E-state index contributed by atoms with van der Waals surface area (Å²) in [6, 6.07) is 17.8. The number of fused-ring (bicyclic) bond motifs is 3. The van der Waals surface area contributed by atoms with Crippen molar-refractivity contribution in [3.05, 3.63) is 82.9 Å². The largest absolute Gasteiger partial charge is 0.507 e. The first kappa shape index (κ1) is 22.2. The van der Waals surface area contributed by atoms with Gasteiger partial charge in [0.1, 0.15) is 24.1 Å². The lowest BCUT2D eigenvalue weighted by molar-refractivity contribution is -0.139. The molecule has 0 spiro atoms. The fourth-order valence-corrected chi connectivity index (χ4v) is 4.29. The van der Waals surface area contributed by atoms with E-state index in [1.165, 1.54) is 7.11 Å². The number of amides is 1. The number of aromatic hydroxyl groups is 1. The Bertz CT molecular complexity index is 1160. The molecule has 1 aliphatic carbocycles. The maximum Gasteiger partial charge on any atom is 0.407 e. The van der Waals surface area contributed by atoms with Crippen molar-refractivity contribution in [1.82, 2.24) is 5.32 Å². The molecule has 0 aromatic heterocycles. The average molecular weight is 447 g/mol. The summed E-state index contributed by atoms with van der Waals surface area (Å²) in [6.07, 6.45) is -0.952. The summed E-state index contributed by atoms with van der Waals surface area (Å²) in [5.74, 6) is -0.901. The zero-order valence-corrected chi connectivity index (χ0v) is 18.4. The second-order valence-corrected chi connectivity index (χ2v) is 8.02. The molecule has 4 rings (SSSR count). The number of carboxylic acid groups (broad SMARTS) is 1. The number of phenolic OH excluding ortho intramolecular Hbond substituents is 1. The lowest BCUT2D eigenvalue weighted by atomic mass is 9.98. The molecule has 1 unspecified atom stereocenters. The van der Waals surface area contributed by atoms with Gasteiger partial charge in [-0.05, 0) is 46.9 Å². The zero-order valence-electron chi connectivity index (χ0n) is 18.4. The fraction of sp³-hybridized carbons (Fsp3) is 0.231. The number of hydrogen-bond donors (Lipinski definition) is 3. The summed E-state index contributed by atoms with van der Waals surface area (Å²) >= 11 is 0. The van der Waals surface area contributed by atoms with Gasteiger partial charge in [-0.3, -0.25) is 0 Å². The van der Waals surface area contributed by atoms with Gasteiger partial charge in [-0.25, -0.2) is 9.59 Å². The van der Waals surface area contributed by atoms with Crippen LogP contribution in [-0.4, -0.2) is 42.0 Å². The van der Waals surface area contributed by atoms with Crippen LogP contribution in [0.15, 0.2) is 60.7 Å². The summed E-state index contributed by atoms with van der Waals surface area (Å²) in [5.41, 5.74) is 5.26. The van der Waals surface area contributed by atoms with E-state index in [9.17, 15) is 19.8 Å². The molecule has 0 radical (unpaired) electrons. The third-order valence-corrected chi connectivity index (χ3v) is 5.95. The standard InChI is InChI=1S/C26H25NO6/c1-15-11-17(32-2)12-16(24(15)28)13-23(25(29)30)27-26(31)33-14-22-20-9-5-3-7-18(20)19-8-4-6-10-21(19)22/h3-12,22-23,28H,13-14H2,1-2H3,(H,27,31)(H,29,30). The van der Waals surface area contributed by atoms with Gasteiger partial charge in [0.2, 0.25) is 0 Å². The van der Waals surface area contributed by atoms with Crippen molar-refractivity contribution in [2.45, 2.75) is 25.3 Å². The highest BCUT2D eigenvalue weighted by Gasteiger charge is 2.30. The molecule has 7 heteroatoms. The minimum Gasteiger partial charge on any atom is -0.507 e. The number of rotatable bonds is 7. The smallest absolute Gasteiger partial charge is 0.407 e. The number of alkyl carbamates (subject to hydrolysis) is 1. The van der Waals surface area contributed by atoms with Crippen LogP contribution in [0.2, 0.25) is 0 Å². The SMILES string of the molecule is COc1cc(C)c(O)c(CC(NC(=O)OCC2c3ccccc3-c3ccccc32)C(=O)O)c1. The van der Waals surface area contributed by atoms with Crippen LogP contribution in [-0.2, 0) is 16.0 Å². The predicted octanol–water partition coefficient (Wildman–Crippen LogP) is 4.24. The second kappa shape index (κ2) is 9.24. The Kier molecular flexibility index (Phi) is 6.22. The van der Waals surface area contributed by atoms with Crippen molar-refractivity contribution < 1.29 is 29.3 Å². The van der Waals surface area contributed by atoms with E-state index < -0.39 is 18.1 Å². The molecule has 1 amide bonds.